The number of pyridine rings is 2. The van der Waals surface area contributed by atoms with Gasteiger partial charge >= 0.3 is 0 Å². The quantitative estimate of drug-likeness (QED) is 0.192. The Labute approximate surface area is 201 Å². The molecule has 0 unspecified atom stereocenters. The minimum Gasteiger partial charge on any atom is -0.308 e. The van der Waals surface area contributed by atoms with Crippen LogP contribution in [-0.4, -0.2) is 9.38 Å². The van der Waals surface area contributed by atoms with Gasteiger partial charge in [0, 0.05) is 27.7 Å². The van der Waals surface area contributed by atoms with Crippen LogP contribution in [0.5, 0.6) is 0 Å². The van der Waals surface area contributed by atoms with Crippen molar-refractivity contribution in [1.29, 1.82) is 0 Å². The molecule has 0 aliphatic heterocycles. The van der Waals surface area contributed by atoms with E-state index >= 15 is 0 Å². The lowest BCUT2D eigenvalue weighted by molar-refractivity contribution is 0.411. The molecule has 172 valence electrons. The molecule has 0 N–H and O–H groups in total. The highest BCUT2D eigenvalue weighted by Crippen LogP contribution is 2.41. The summed E-state index contributed by atoms with van der Waals surface area (Å²) in [7, 11) is 0. The normalized spacial score (nSPS) is 13.4. The topological polar surface area (TPSA) is 17.3 Å². The van der Waals surface area contributed by atoms with Crippen LogP contribution in [0, 0.1) is 17.8 Å². The Hall–Kier alpha value is -3.13. The van der Waals surface area contributed by atoms with Gasteiger partial charge in [0.1, 0.15) is 0 Å². The van der Waals surface area contributed by atoms with Gasteiger partial charge in [-0.15, -0.1) is 0 Å². The zero-order chi connectivity index (χ0) is 24.0. The maximum Gasteiger partial charge on any atom is 0.0822 e. The van der Waals surface area contributed by atoms with Gasteiger partial charge in [0.05, 0.1) is 22.1 Å². The molecule has 3 aromatic carbocycles. The smallest absolute Gasteiger partial charge is 0.0822 e. The largest absolute Gasteiger partial charge is 0.308 e. The Morgan fingerprint density at radius 1 is 0.706 bits per heavy atom. The number of nitrogens with zero attached hydrogens (tertiary/aromatic N) is 2. The molecule has 0 amide bonds. The summed E-state index contributed by atoms with van der Waals surface area (Å²) in [5.41, 5.74) is 9.57. The van der Waals surface area contributed by atoms with E-state index in [4.69, 9.17) is 4.98 Å². The van der Waals surface area contributed by atoms with Crippen LogP contribution in [0.3, 0.4) is 0 Å². The first-order chi connectivity index (χ1) is 16.0. The van der Waals surface area contributed by atoms with E-state index in [1.807, 2.05) is 6.20 Å². The lowest BCUT2D eigenvalue weighted by Gasteiger charge is -2.20. The highest BCUT2D eigenvalue weighted by Gasteiger charge is 2.21. The second-order valence-corrected chi connectivity index (χ2v) is 12.7. The molecule has 2 nitrogen and oxygen atoms in total. The highest BCUT2D eigenvalue weighted by atomic mass is 14.9. The molecule has 0 saturated carbocycles. The van der Waals surface area contributed by atoms with Gasteiger partial charge in [-0.05, 0) is 89.1 Å². The maximum atomic E-state index is 4.93. The summed E-state index contributed by atoms with van der Waals surface area (Å²) in [6, 6.07) is 18.8. The van der Waals surface area contributed by atoms with E-state index in [9.17, 15) is 0 Å². The van der Waals surface area contributed by atoms with Crippen molar-refractivity contribution in [3.63, 3.8) is 0 Å². The van der Waals surface area contributed by atoms with Crippen LogP contribution in [0.2, 0.25) is 0 Å². The minimum absolute atomic E-state index is 0.232. The van der Waals surface area contributed by atoms with Gasteiger partial charge in [-0.2, -0.15) is 0 Å². The van der Waals surface area contributed by atoms with Crippen LogP contribution in [0.1, 0.15) is 58.2 Å². The molecule has 0 radical (unpaired) electrons. The zero-order valence-electron chi connectivity index (χ0n) is 21.5. The van der Waals surface area contributed by atoms with Crippen LogP contribution in [0.15, 0.2) is 54.7 Å². The predicted octanol–water partition coefficient (Wildman–Crippen LogP) is 8.87. The lowest BCUT2D eigenvalue weighted by Crippen LogP contribution is -2.09. The van der Waals surface area contributed by atoms with E-state index in [1.165, 1.54) is 60.2 Å². The van der Waals surface area contributed by atoms with E-state index in [0.29, 0.717) is 0 Å². The van der Waals surface area contributed by atoms with Crippen molar-refractivity contribution in [3.05, 3.63) is 71.4 Å². The maximum absolute atomic E-state index is 4.93. The standard InChI is InChI=1S/C32H34N2/c1-19-12-24-23-15-20(17-31(2,3)4)8-9-26(23)34-27-16-21(18-32(5,6)7)14-22-10-11-33-29(28(22)27)25(13-19)30(24)34/h8-16H,17-18H2,1-7H3. The van der Waals surface area contributed by atoms with E-state index in [1.54, 1.807) is 0 Å². The SMILES string of the molecule is Cc1cc2c3cc(CC(C)(C)C)ccc3n3c4cc(CC(C)(C)C)cc5ccnc(c(c1)c23)c54. The number of aryl methyl sites for hydroxylation is 1. The molecular weight excluding hydrogens is 412 g/mol. The summed E-state index contributed by atoms with van der Waals surface area (Å²) in [5, 5.41) is 6.50. The lowest BCUT2D eigenvalue weighted by atomic mass is 9.87. The van der Waals surface area contributed by atoms with Gasteiger partial charge in [-0.25, -0.2) is 0 Å². The molecule has 2 heteroatoms. The molecule has 0 aliphatic rings. The molecule has 34 heavy (non-hydrogen) atoms. The minimum atomic E-state index is 0.232. The van der Waals surface area contributed by atoms with Gasteiger partial charge in [0.15, 0.2) is 0 Å². The van der Waals surface area contributed by atoms with Gasteiger partial charge in [-0.1, -0.05) is 53.7 Å². The van der Waals surface area contributed by atoms with Crippen molar-refractivity contribution in [1.82, 2.24) is 9.38 Å². The number of aromatic nitrogens is 2. The molecule has 3 aromatic heterocycles. The monoisotopic (exact) mass is 446 g/mol. The average Bonchev–Trinajstić information content (AvgIpc) is 3.03. The molecule has 0 atom stereocenters. The molecule has 0 spiro atoms. The first-order valence-corrected chi connectivity index (χ1v) is 12.5. The molecule has 6 rings (SSSR count). The third-order valence-electron chi connectivity index (χ3n) is 6.94. The Kier molecular flexibility index (Phi) is 4.37. The van der Waals surface area contributed by atoms with Crippen molar-refractivity contribution in [2.45, 2.75) is 61.3 Å². The Morgan fingerprint density at radius 3 is 2.15 bits per heavy atom. The van der Waals surface area contributed by atoms with Crippen molar-refractivity contribution in [3.8, 4) is 0 Å². The second-order valence-electron chi connectivity index (χ2n) is 12.7. The predicted molar refractivity (Wildman–Crippen MR) is 147 cm³/mol. The number of hydrogen-bond donors (Lipinski definition) is 0. The Bertz CT molecular complexity index is 1720. The average molecular weight is 447 g/mol. The van der Waals surface area contributed by atoms with Crippen LogP contribution in [-0.2, 0) is 12.8 Å². The summed E-state index contributed by atoms with van der Waals surface area (Å²) < 4.78 is 2.52. The molecule has 0 bridgehead atoms. The number of rotatable bonds is 2. The van der Waals surface area contributed by atoms with Crippen molar-refractivity contribution in [2.24, 2.45) is 10.8 Å². The Balaban J connectivity index is 1.82. The van der Waals surface area contributed by atoms with Gasteiger partial charge in [-0.3, -0.25) is 4.98 Å². The summed E-state index contributed by atoms with van der Waals surface area (Å²) in [5.74, 6) is 0. The fourth-order valence-electron chi connectivity index (χ4n) is 5.94. The van der Waals surface area contributed by atoms with Crippen molar-refractivity contribution >= 4 is 49.0 Å². The fourth-order valence-corrected chi connectivity index (χ4v) is 5.94. The highest BCUT2D eigenvalue weighted by molar-refractivity contribution is 6.26. The van der Waals surface area contributed by atoms with Crippen LogP contribution < -0.4 is 0 Å². The van der Waals surface area contributed by atoms with E-state index in [2.05, 4.69) is 101 Å². The molecule has 0 saturated heterocycles. The van der Waals surface area contributed by atoms with E-state index in [0.717, 1.165) is 18.4 Å². The third kappa shape index (κ3) is 3.35. The number of fused-ring (bicyclic) bond motifs is 5. The molecule has 3 heterocycles. The summed E-state index contributed by atoms with van der Waals surface area (Å²) in [6.45, 7) is 16.1. The summed E-state index contributed by atoms with van der Waals surface area (Å²) in [4.78, 5) is 4.93. The van der Waals surface area contributed by atoms with E-state index in [-0.39, 0.29) is 10.8 Å². The molecule has 6 aromatic rings. The molecular formula is C32H34N2. The first kappa shape index (κ1) is 21.4. The van der Waals surface area contributed by atoms with Crippen LogP contribution in [0.25, 0.3) is 49.0 Å². The number of benzene rings is 3. The number of hydrogen-bond acceptors (Lipinski definition) is 1. The van der Waals surface area contributed by atoms with Crippen molar-refractivity contribution in [2.75, 3.05) is 0 Å². The van der Waals surface area contributed by atoms with Gasteiger partial charge < -0.3 is 4.40 Å². The van der Waals surface area contributed by atoms with E-state index < -0.39 is 0 Å². The van der Waals surface area contributed by atoms with Gasteiger partial charge in [0.2, 0.25) is 0 Å². The van der Waals surface area contributed by atoms with Gasteiger partial charge in [0.25, 0.3) is 0 Å². The summed E-state index contributed by atoms with van der Waals surface area (Å²) in [6.07, 6.45) is 4.10. The summed E-state index contributed by atoms with van der Waals surface area (Å²) >= 11 is 0. The molecule has 0 fully saturated rings. The molecule has 0 aliphatic carbocycles. The fraction of sp³-hybridized carbons (Fsp3) is 0.344. The van der Waals surface area contributed by atoms with Crippen molar-refractivity contribution < 1.29 is 0 Å². The second kappa shape index (κ2) is 6.95. The van der Waals surface area contributed by atoms with Crippen LogP contribution in [0.4, 0.5) is 0 Å². The zero-order valence-corrected chi connectivity index (χ0v) is 21.5. The Morgan fingerprint density at radius 2 is 1.41 bits per heavy atom. The van der Waals surface area contributed by atoms with Crippen LogP contribution >= 0.6 is 0 Å². The first-order valence-electron chi connectivity index (χ1n) is 12.5. The third-order valence-corrected chi connectivity index (χ3v) is 6.94.